The van der Waals surface area contributed by atoms with Crippen LogP contribution in [0.4, 0.5) is 10.6 Å². The van der Waals surface area contributed by atoms with Gasteiger partial charge in [-0.15, -0.1) is 0 Å². The number of likely N-dealkylation sites (tertiary alicyclic amines) is 1. The van der Waals surface area contributed by atoms with Crippen LogP contribution in [0.3, 0.4) is 0 Å². The average molecular weight is 361 g/mol. The van der Waals surface area contributed by atoms with E-state index in [2.05, 4.69) is 39.2 Å². The van der Waals surface area contributed by atoms with Gasteiger partial charge >= 0.3 is 6.03 Å². The van der Waals surface area contributed by atoms with Crippen molar-refractivity contribution in [1.29, 1.82) is 0 Å². The number of aromatic nitrogens is 2. The molecule has 2 saturated heterocycles. The third-order valence-corrected chi connectivity index (χ3v) is 5.51. The van der Waals surface area contributed by atoms with Crippen LogP contribution in [0.15, 0.2) is 6.07 Å². The minimum absolute atomic E-state index is 0.101. The summed E-state index contributed by atoms with van der Waals surface area (Å²) < 4.78 is 0. The number of anilines is 1. The fraction of sp³-hybridized carbons (Fsp3) is 0.737. The molecule has 2 aliphatic heterocycles. The first-order valence-corrected chi connectivity index (χ1v) is 9.71. The van der Waals surface area contributed by atoms with Gasteiger partial charge in [0.1, 0.15) is 11.6 Å². The summed E-state index contributed by atoms with van der Waals surface area (Å²) in [4.78, 5) is 28.1. The minimum atomic E-state index is 0.101. The molecule has 3 heterocycles. The highest BCUT2D eigenvalue weighted by molar-refractivity contribution is 5.74. The van der Waals surface area contributed by atoms with E-state index >= 15 is 0 Å². The van der Waals surface area contributed by atoms with Crippen LogP contribution in [0.5, 0.6) is 0 Å². The average Bonchev–Trinajstić information content (AvgIpc) is 2.61. The molecule has 1 atom stereocenters. The number of carbonyl (C=O) groups is 1. The van der Waals surface area contributed by atoms with Crippen molar-refractivity contribution in [1.82, 2.24) is 25.1 Å². The Labute approximate surface area is 156 Å². The summed E-state index contributed by atoms with van der Waals surface area (Å²) in [6, 6.07) is 2.87. The Hall–Kier alpha value is -1.89. The zero-order valence-corrected chi connectivity index (χ0v) is 16.5. The molecule has 7 nitrogen and oxygen atoms in total. The molecule has 1 N–H and O–H groups in total. The predicted octanol–water partition coefficient (Wildman–Crippen LogP) is 1.80. The number of hydrogen-bond donors (Lipinski definition) is 1. The Balaban J connectivity index is 1.50. The molecule has 0 bridgehead atoms. The molecule has 2 fully saturated rings. The van der Waals surface area contributed by atoms with Crippen LogP contribution >= 0.6 is 0 Å². The number of aryl methyl sites for hydroxylation is 2. The lowest BCUT2D eigenvalue weighted by atomic mass is 10.0. The predicted molar refractivity (Wildman–Crippen MR) is 104 cm³/mol. The number of likely N-dealkylation sites (N-methyl/N-ethyl adjacent to an activating group) is 1. The Morgan fingerprint density at radius 3 is 2.54 bits per heavy atom. The second-order valence-corrected chi connectivity index (χ2v) is 7.83. The van der Waals surface area contributed by atoms with Gasteiger partial charge < -0.3 is 20.0 Å². The quantitative estimate of drug-likeness (QED) is 0.890. The first kappa shape index (κ1) is 18.9. The summed E-state index contributed by atoms with van der Waals surface area (Å²) in [7, 11) is 4.19. The molecule has 26 heavy (non-hydrogen) atoms. The van der Waals surface area contributed by atoms with E-state index in [-0.39, 0.29) is 12.1 Å². The van der Waals surface area contributed by atoms with Crippen LogP contribution < -0.4 is 10.2 Å². The van der Waals surface area contributed by atoms with Gasteiger partial charge in [0, 0.05) is 50.0 Å². The number of piperidine rings is 2. The number of rotatable bonds is 3. The van der Waals surface area contributed by atoms with Gasteiger partial charge in [-0.25, -0.2) is 14.8 Å². The van der Waals surface area contributed by atoms with Gasteiger partial charge in [0.2, 0.25) is 0 Å². The van der Waals surface area contributed by atoms with Crippen LogP contribution in [-0.4, -0.2) is 78.2 Å². The van der Waals surface area contributed by atoms with Gasteiger partial charge in [-0.1, -0.05) is 0 Å². The highest BCUT2D eigenvalue weighted by atomic mass is 16.2. The van der Waals surface area contributed by atoms with E-state index < -0.39 is 0 Å². The van der Waals surface area contributed by atoms with Gasteiger partial charge in [0.05, 0.1) is 0 Å². The zero-order chi connectivity index (χ0) is 18.7. The fourth-order valence-corrected chi connectivity index (χ4v) is 3.94. The summed E-state index contributed by atoms with van der Waals surface area (Å²) >= 11 is 0. The van der Waals surface area contributed by atoms with Crippen LogP contribution in [0.25, 0.3) is 0 Å². The molecule has 1 aromatic heterocycles. The summed E-state index contributed by atoms with van der Waals surface area (Å²) in [5.41, 5.74) is 1.00. The molecule has 144 valence electrons. The number of hydrogen-bond acceptors (Lipinski definition) is 5. The van der Waals surface area contributed by atoms with Gasteiger partial charge in [-0.3, -0.25) is 0 Å². The normalized spacial score (nSPS) is 22.0. The van der Waals surface area contributed by atoms with Crippen LogP contribution in [-0.2, 0) is 0 Å². The minimum Gasteiger partial charge on any atom is -0.356 e. The molecule has 2 aliphatic rings. The van der Waals surface area contributed by atoms with Crippen molar-refractivity contribution in [3.05, 3.63) is 17.6 Å². The summed E-state index contributed by atoms with van der Waals surface area (Å²) in [5, 5.41) is 3.25. The van der Waals surface area contributed by atoms with Gasteiger partial charge in [-0.2, -0.15) is 0 Å². The standard InChI is InChI=1S/C19H32N6O/c1-14-12-18(21-15(2)20-14)24-10-7-16(8-11-24)22-19(26)25-9-5-6-17(13-25)23(3)4/h12,16-17H,5-11,13H2,1-4H3,(H,22,26). The number of nitrogens with zero attached hydrogens (tertiary/aromatic N) is 5. The molecule has 3 rings (SSSR count). The molecule has 0 saturated carbocycles. The molecule has 1 unspecified atom stereocenters. The van der Waals surface area contributed by atoms with E-state index in [9.17, 15) is 4.79 Å². The topological polar surface area (TPSA) is 64.6 Å². The van der Waals surface area contributed by atoms with Crippen molar-refractivity contribution in [3.63, 3.8) is 0 Å². The van der Waals surface area contributed by atoms with Crippen molar-refractivity contribution in [2.45, 2.75) is 51.6 Å². The second-order valence-electron chi connectivity index (χ2n) is 7.83. The Kier molecular flexibility index (Phi) is 5.96. The Morgan fingerprint density at radius 2 is 1.88 bits per heavy atom. The summed E-state index contributed by atoms with van der Waals surface area (Å²) in [5.74, 6) is 1.82. The highest BCUT2D eigenvalue weighted by Gasteiger charge is 2.27. The largest absolute Gasteiger partial charge is 0.356 e. The monoisotopic (exact) mass is 360 g/mol. The van der Waals surface area contributed by atoms with Crippen LogP contribution in [0, 0.1) is 13.8 Å². The van der Waals surface area contributed by atoms with E-state index in [1.165, 1.54) is 6.42 Å². The maximum absolute atomic E-state index is 12.6. The molecular formula is C19H32N6O. The lowest BCUT2D eigenvalue weighted by Gasteiger charge is -2.38. The molecule has 0 radical (unpaired) electrons. The van der Waals surface area contributed by atoms with Crippen LogP contribution in [0.1, 0.15) is 37.2 Å². The van der Waals surface area contributed by atoms with E-state index in [4.69, 9.17) is 0 Å². The third kappa shape index (κ3) is 4.63. The molecule has 0 aliphatic carbocycles. The molecule has 7 heteroatoms. The number of carbonyl (C=O) groups excluding carboxylic acids is 1. The van der Waals surface area contributed by atoms with Gasteiger partial charge in [0.15, 0.2) is 0 Å². The van der Waals surface area contributed by atoms with Crippen molar-refractivity contribution in [2.24, 2.45) is 0 Å². The third-order valence-electron chi connectivity index (χ3n) is 5.51. The van der Waals surface area contributed by atoms with Crippen molar-refractivity contribution >= 4 is 11.8 Å². The lowest BCUT2D eigenvalue weighted by Crippen LogP contribution is -2.54. The SMILES string of the molecule is Cc1cc(N2CCC(NC(=O)N3CCCC(N(C)C)C3)CC2)nc(C)n1. The molecule has 1 aromatic rings. The molecule has 2 amide bonds. The molecule has 0 aromatic carbocycles. The van der Waals surface area contributed by atoms with Crippen molar-refractivity contribution in [3.8, 4) is 0 Å². The second kappa shape index (κ2) is 8.20. The number of nitrogens with one attached hydrogen (secondary N) is 1. The van der Waals surface area contributed by atoms with E-state index in [0.29, 0.717) is 6.04 Å². The lowest BCUT2D eigenvalue weighted by molar-refractivity contribution is 0.137. The number of urea groups is 1. The zero-order valence-electron chi connectivity index (χ0n) is 16.5. The molecule has 0 spiro atoms. The maximum atomic E-state index is 12.6. The summed E-state index contributed by atoms with van der Waals surface area (Å²) in [6.45, 7) is 7.47. The van der Waals surface area contributed by atoms with E-state index in [0.717, 1.165) is 62.8 Å². The van der Waals surface area contributed by atoms with Crippen LogP contribution in [0.2, 0.25) is 0 Å². The maximum Gasteiger partial charge on any atom is 0.317 e. The Bertz CT molecular complexity index is 606. The summed E-state index contributed by atoms with van der Waals surface area (Å²) in [6.07, 6.45) is 4.17. The smallest absolute Gasteiger partial charge is 0.317 e. The highest BCUT2D eigenvalue weighted by Crippen LogP contribution is 2.20. The number of amides is 2. The Morgan fingerprint density at radius 1 is 1.15 bits per heavy atom. The first-order valence-electron chi connectivity index (χ1n) is 9.71. The van der Waals surface area contributed by atoms with Gasteiger partial charge in [0.25, 0.3) is 0 Å². The fourth-order valence-electron chi connectivity index (χ4n) is 3.94. The van der Waals surface area contributed by atoms with E-state index in [1.807, 2.05) is 24.8 Å². The van der Waals surface area contributed by atoms with Crippen molar-refractivity contribution < 1.29 is 4.79 Å². The molecular weight excluding hydrogens is 328 g/mol. The van der Waals surface area contributed by atoms with E-state index in [1.54, 1.807) is 0 Å². The van der Waals surface area contributed by atoms with Crippen molar-refractivity contribution in [2.75, 3.05) is 45.2 Å². The van der Waals surface area contributed by atoms with Gasteiger partial charge in [-0.05, 0) is 53.6 Å². The first-order chi connectivity index (χ1) is 12.4.